The Bertz CT molecular complexity index is 338. The fourth-order valence-corrected chi connectivity index (χ4v) is 1.69. The number of anilines is 1. The number of benzene rings is 1. The summed E-state index contributed by atoms with van der Waals surface area (Å²) in [5.41, 5.74) is 3.63. The third kappa shape index (κ3) is 1.48. The molecule has 1 aliphatic rings. The lowest BCUT2D eigenvalue weighted by atomic mass is 10.1. The molecule has 70 valence electrons. The Morgan fingerprint density at radius 2 is 2.00 bits per heavy atom. The van der Waals surface area contributed by atoms with Crippen LogP contribution in [0.4, 0.5) is 5.69 Å². The van der Waals surface area contributed by atoms with Crippen LogP contribution in [-0.4, -0.2) is 13.2 Å². The molecule has 13 heavy (non-hydrogen) atoms. The number of ether oxygens (including phenoxy) is 1. The van der Waals surface area contributed by atoms with E-state index in [2.05, 4.69) is 38.8 Å². The summed E-state index contributed by atoms with van der Waals surface area (Å²) in [6.45, 7) is 5.76. The van der Waals surface area contributed by atoms with E-state index >= 15 is 0 Å². The molecule has 0 aromatic heterocycles. The number of thiol groups is 1. The lowest BCUT2D eigenvalue weighted by Gasteiger charge is -2.27. The molecule has 1 aliphatic heterocycles. The Labute approximate surface area is 84.0 Å². The standard InChI is InChI=1S/C10H13NOS/c1-7-5-9-10(6-8(7)2)12-4-3-11(9)13/h5-6,13H,3-4H2,1-2H3. The number of fused-ring (bicyclic) bond motifs is 1. The first-order chi connectivity index (χ1) is 6.18. The largest absolute Gasteiger partial charge is 0.489 e. The van der Waals surface area contributed by atoms with Gasteiger partial charge in [0.2, 0.25) is 0 Å². The molecule has 0 N–H and O–H groups in total. The van der Waals surface area contributed by atoms with Crippen LogP contribution in [0, 0.1) is 13.8 Å². The summed E-state index contributed by atoms with van der Waals surface area (Å²) in [4.78, 5) is 0. The van der Waals surface area contributed by atoms with Crippen molar-refractivity contribution in [3.63, 3.8) is 0 Å². The maximum Gasteiger partial charge on any atom is 0.143 e. The number of rotatable bonds is 0. The molecule has 0 amide bonds. The van der Waals surface area contributed by atoms with Gasteiger partial charge in [0.25, 0.3) is 0 Å². The summed E-state index contributed by atoms with van der Waals surface area (Å²) in [5.74, 6) is 0.948. The summed E-state index contributed by atoms with van der Waals surface area (Å²) in [7, 11) is 0. The van der Waals surface area contributed by atoms with E-state index in [-0.39, 0.29) is 0 Å². The van der Waals surface area contributed by atoms with Gasteiger partial charge in [-0.1, -0.05) is 12.8 Å². The van der Waals surface area contributed by atoms with Gasteiger partial charge in [-0.15, -0.1) is 0 Å². The molecular formula is C10H13NOS. The SMILES string of the molecule is Cc1cc2c(cc1C)N(S)CCO2. The minimum atomic E-state index is 0.721. The van der Waals surface area contributed by atoms with Gasteiger partial charge in [0.05, 0.1) is 12.2 Å². The number of hydrogen-bond donors (Lipinski definition) is 1. The second-order valence-corrected chi connectivity index (χ2v) is 3.86. The molecule has 0 radical (unpaired) electrons. The zero-order valence-electron chi connectivity index (χ0n) is 7.87. The summed E-state index contributed by atoms with van der Waals surface area (Å²) in [5, 5.41) is 0. The molecule has 3 heteroatoms. The van der Waals surface area contributed by atoms with E-state index in [0.717, 1.165) is 24.6 Å². The molecule has 0 unspecified atom stereocenters. The van der Waals surface area contributed by atoms with Crippen molar-refractivity contribution in [1.82, 2.24) is 0 Å². The van der Waals surface area contributed by atoms with Crippen molar-refractivity contribution in [1.29, 1.82) is 0 Å². The van der Waals surface area contributed by atoms with Gasteiger partial charge in [0, 0.05) is 0 Å². The van der Waals surface area contributed by atoms with E-state index in [1.165, 1.54) is 11.1 Å². The summed E-state index contributed by atoms with van der Waals surface area (Å²) < 4.78 is 7.47. The van der Waals surface area contributed by atoms with Gasteiger partial charge in [-0.05, 0) is 37.1 Å². The van der Waals surface area contributed by atoms with Crippen LogP contribution in [0.1, 0.15) is 11.1 Å². The van der Waals surface area contributed by atoms with E-state index in [1.54, 1.807) is 0 Å². The molecule has 1 aromatic rings. The average molecular weight is 195 g/mol. The Hall–Kier alpha value is -0.830. The van der Waals surface area contributed by atoms with Crippen molar-refractivity contribution in [2.24, 2.45) is 0 Å². The third-order valence-electron chi connectivity index (χ3n) is 2.41. The molecule has 0 aliphatic carbocycles. The van der Waals surface area contributed by atoms with Gasteiger partial charge in [-0.25, -0.2) is 0 Å². The quantitative estimate of drug-likeness (QED) is 0.638. The molecule has 0 atom stereocenters. The zero-order valence-corrected chi connectivity index (χ0v) is 8.77. The van der Waals surface area contributed by atoms with Gasteiger partial charge in [-0.3, -0.25) is 0 Å². The summed E-state index contributed by atoms with van der Waals surface area (Å²) in [6, 6.07) is 4.20. The van der Waals surface area contributed by atoms with Gasteiger partial charge < -0.3 is 9.04 Å². The van der Waals surface area contributed by atoms with Gasteiger partial charge in [0.1, 0.15) is 12.4 Å². The van der Waals surface area contributed by atoms with Gasteiger partial charge >= 0.3 is 0 Å². The fourth-order valence-electron chi connectivity index (χ4n) is 1.45. The number of aryl methyl sites for hydroxylation is 2. The van der Waals surface area contributed by atoms with E-state index in [1.807, 2.05) is 4.31 Å². The minimum absolute atomic E-state index is 0.721. The van der Waals surface area contributed by atoms with Crippen LogP contribution in [0.15, 0.2) is 12.1 Å². The molecule has 1 aromatic carbocycles. The molecule has 0 spiro atoms. The van der Waals surface area contributed by atoms with E-state index in [4.69, 9.17) is 4.74 Å². The van der Waals surface area contributed by atoms with Crippen molar-refractivity contribution in [3.05, 3.63) is 23.3 Å². The lowest BCUT2D eigenvalue weighted by molar-refractivity contribution is 0.317. The summed E-state index contributed by atoms with van der Waals surface area (Å²) in [6.07, 6.45) is 0. The Morgan fingerprint density at radius 3 is 2.77 bits per heavy atom. The summed E-state index contributed by atoms with van der Waals surface area (Å²) >= 11 is 4.38. The van der Waals surface area contributed by atoms with Crippen LogP contribution in [0.2, 0.25) is 0 Å². The predicted octanol–water partition coefficient (Wildman–Crippen LogP) is 2.35. The van der Waals surface area contributed by atoms with Crippen molar-refractivity contribution < 1.29 is 4.74 Å². The van der Waals surface area contributed by atoms with Gasteiger partial charge in [0.15, 0.2) is 0 Å². The van der Waals surface area contributed by atoms with Crippen LogP contribution in [0.5, 0.6) is 5.75 Å². The van der Waals surface area contributed by atoms with Gasteiger partial charge in [-0.2, -0.15) is 0 Å². The molecule has 0 bridgehead atoms. The fraction of sp³-hybridized carbons (Fsp3) is 0.400. The van der Waals surface area contributed by atoms with Crippen LogP contribution < -0.4 is 9.04 Å². The minimum Gasteiger partial charge on any atom is -0.489 e. The molecule has 1 heterocycles. The second-order valence-electron chi connectivity index (χ2n) is 3.38. The van der Waals surface area contributed by atoms with Crippen LogP contribution in [-0.2, 0) is 0 Å². The Morgan fingerprint density at radius 1 is 1.31 bits per heavy atom. The molecule has 0 saturated heterocycles. The normalized spacial score (nSPS) is 15.2. The smallest absolute Gasteiger partial charge is 0.143 e. The molecule has 0 fully saturated rings. The van der Waals surface area contributed by atoms with Crippen molar-refractivity contribution in [2.75, 3.05) is 17.5 Å². The zero-order chi connectivity index (χ0) is 9.42. The predicted molar refractivity (Wildman–Crippen MR) is 57.7 cm³/mol. The Balaban J connectivity index is 2.52. The Kier molecular flexibility index (Phi) is 2.12. The van der Waals surface area contributed by atoms with Crippen LogP contribution >= 0.6 is 12.8 Å². The van der Waals surface area contributed by atoms with Crippen LogP contribution in [0.3, 0.4) is 0 Å². The second kappa shape index (κ2) is 3.14. The van der Waals surface area contributed by atoms with E-state index in [0.29, 0.717) is 0 Å². The topological polar surface area (TPSA) is 12.5 Å². The number of hydrogen-bond acceptors (Lipinski definition) is 3. The maximum atomic E-state index is 5.54. The van der Waals surface area contributed by atoms with Crippen LogP contribution in [0.25, 0.3) is 0 Å². The highest BCUT2D eigenvalue weighted by molar-refractivity contribution is 7.81. The highest BCUT2D eigenvalue weighted by Crippen LogP contribution is 2.34. The first kappa shape index (κ1) is 8.75. The first-order valence-electron chi connectivity index (χ1n) is 4.39. The first-order valence-corrected chi connectivity index (χ1v) is 4.79. The van der Waals surface area contributed by atoms with E-state index < -0.39 is 0 Å². The molecular weight excluding hydrogens is 182 g/mol. The maximum absolute atomic E-state index is 5.54. The highest BCUT2D eigenvalue weighted by atomic mass is 32.1. The average Bonchev–Trinajstić information content (AvgIpc) is 2.09. The number of nitrogens with zero attached hydrogens (tertiary/aromatic N) is 1. The van der Waals surface area contributed by atoms with Crippen molar-refractivity contribution in [3.8, 4) is 5.75 Å². The highest BCUT2D eigenvalue weighted by Gasteiger charge is 2.16. The monoisotopic (exact) mass is 195 g/mol. The molecule has 2 nitrogen and oxygen atoms in total. The lowest BCUT2D eigenvalue weighted by Crippen LogP contribution is -2.24. The van der Waals surface area contributed by atoms with Crippen molar-refractivity contribution >= 4 is 18.5 Å². The third-order valence-corrected chi connectivity index (χ3v) is 2.83. The molecule has 0 saturated carbocycles. The van der Waals surface area contributed by atoms with Crippen molar-refractivity contribution in [2.45, 2.75) is 13.8 Å². The molecule has 2 rings (SSSR count). The van der Waals surface area contributed by atoms with E-state index in [9.17, 15) is 0 Å².